The number of hydrogen-bond acceptors (Lipinski definition) is 3. The van der Waals surface area contributed by atoms with Crippen LogP contribution in [-0.2, 0) is 11.3 Å². The first-order chi connectivity index (χ1) is 10.9. The lowest BCUT2D eigenvalue weighted by molar-refractivity contribution is -0.119. The van der Waals surface area contributed by atoms with Gasteiger partial charge in [0.15, 0.2) is 0 Å². The van der Waals surface area contributed by atoms with E-state index in [1.807, 2.05) is 31.2 Å². The SMILES string of the molecule is CNC(=O)CNC(=O)c1c(C)nn(Cc2ccc(C)cc2)c1Cl. The van der Waals surface area contributed by atoms with Gasteiger partial charge in [-0.25, -0.2) is 4.68 Å². The van der Waals surface area contributed by atoms with Gasteiger partial charge in [-0.3, -0.25) is 9.59 Å². The number of aromatic nitrogens is 2. The van der Waals surface area contributed by atoms with Gasteiger partial charge in [0, 0.05) is 7.05 Å². The molecule has 0 radical (unpaired) electrons. The van der Waals surface area contributed by atoms with E-state index in [1.54, 1.807) is 11.6 Å². The van der Waals surface area contributed by atoms with Crippen LogP contribution in [0.1, 0.15) is 27.2 Å². The molecular weight excluding hydrogens is 316 g/mol. The van der Waals surface area contributed by atoms with Crippen molar-refractivity contribution in [1.29, 1.82) is 0 Å². The number of hydrogen-bond donors (Lipinski definition) is 2. The molecule has 0 saturated heterocycles. The molecule has 23 heavy (non-hydrogen) atoms. The highest BCUT2D eigenvalue weighted by Gasteiger charge is 2.20. The Morgan fingerprint density at radius 2 is 1.87 bits per heavy atom. The van der Waals surface area contributed by atoms with Gasteiger partial charge >= 0.3 is 0 Å². The zero-order valence-corrected chi connectivity index (χ0v) is 14.1. The van der Waals surface area contributed by atoms with Gasteiger partial charge in [-0.2, -0.15) is 5.10 Å². The Labute approximate surface area is 139 Å². The highest BCUT2D eigenvalue weighted by molar-refractivity contribution is 6.33. The number of carbonyl (C=O) groups excluding carboxylic acids is 2. The summed E-state index contributed by atoms with van der Waals surface area (Å²) >= 11 is 6.29. The summed E-state index contributed by atoms with van der Waals surface area (Å²) < 4.78 is 1.58. The van der Waals surface area contributed by atoms with Crippen molar-refractivity contribution in [3.63, 3.8) is 0 Å². The van der Waals surface area contributed by atoms with Gasteiger partial charge in [0.1, 0.15) is 5.15 Å². The molecule has 0 aliphatic heterocycles. The molecular formula is C16H19ClN4O2. The van der Waals surface area contributed by atoms with Crippen LogP contribution >= 0.6 is 11.6 Å². The largest absolute Gasteiger partial charge is 0.358 e. The number of likely N-dealkylation sites (N-methyl/N-ethyl adjacent to an activating group) is 1. The van der Waals surface area contributed by atoms with E-state index in [-0.39, 0.29) is 17.6 Å². The van der Waals surface area contributed by atoms with Crippen molar-refractivity contribution < 1.29 is 9.59 Å². The van der Waals surface area contributed by atoms with Crippen LogP contribution in [0.2, 0.25) is 5.15 Å². The fourth-order valence-electron chi connectivity index (χ4n) is 2.12. The van der Waals surface area contributed by atoms with Crippen molar-refractivity contribution in [2.75, 3.05) is 13.6 Å². The van der Waals surface area contributed by atoms with Crippen molar-refractivity contribution in [3.8, 4) is 0 Å². The average Bonchev–Trinajstić information content (AvgIpc) is 2.81. The molecule has 0 aliphatic carbocycles. The van der Waals surface area contributed by atoms with Crippen molar-refractivity contribution in [3.05, 3.63) is 51.8 Å². The molecule has 2 N–H and O–H groups in total. The molecule has 0 saturated carbocycles. The van der Waals surface area contributed by atoms with Gasteiger partial charge in [0.2, 0.25) is 5.91 Å². The second-order valence-electron chi connectivity index (χ2n) is 5.25. The first kappa shape index (κ1) is 17.0. The summed E-state index contributed by atoms with van der Waals surface area (Å²) in [5.41, 5.74) is 3.03. The summed E-state index contributed by atoms with van der Waals surface area (Å²) in [7, 11) is 1.51. The van der Waals surface area contributed by atoms with Gasteiger partial charge in [-0.15, -0.1) is 0 Å². The zero-order chi connectivity index (χ0) is 17.0. The van der Waals surface area contributed by atoms with E-state index in [2.05, 4.69) is 15.7 Å². The van der Waals surface area contributed by atoms with Gasteiger partial charge in [-0.05, 0) is 19.4 Å². The standard InChI is InChI=1S/C16H19ClN4O2/c1-10-4-6-12(7-5-10)9-21-15(17)14(11(2)20-21)16(23)19-8-13(22)18-3/h4-7H,8-9H2,1-3H3,(H,18,22)(H,19,23). The number of carbonyl (C=O) groups is 2. The summed E-state index contributed by atoms with van der Waals surface area (Å²) in [5, 5.41) is 9.54. The Morgan fingerprint density at radius 3 is 2.48 bits per heavy atom. The number of nitrogens with one attached hydrogen (secondary N) is 2. The van der Waals surface area contributed by atoms with Crippen molar-refractivity contribution in [2.24, 2.45) is 0 Å². The number of nitrogens with zero attached hydrogens (tertiary/aromatic N) is 2. The minimum absolute atomic E-state index is 0.103. The van der Waals surface area contributed by atoms with Gasteiger partial charge in [-0.1, -0.05) is 41.4 Å². The lowest BCUT2D eigenvalue weighted by Crippen LogP contribution is -2.35. The van der Waals surface area contributed by atoms with Crippen LogP contribution in [0.4, 0.5) is 0 Å². The molecule has 7 heteroatoms. The fraction of sp³-hybridized carbons (Fsp3) is 0.312. The first-order valence-electron chi connectivity index (χ1n) is 7.19. The molecule has 0 unspecified atom stereocenters. The maximum absolute atomic E-state index is 12.2. The number of aryl methyl sites for hydroxylation is 2. The molecule has 0 spiro atoms. The summed E-state index contributed by atoms with van der Waals surface area (Å²) in [6.07, 6.45) is 0. The summed E-state index contributed by atoms with van der Waals surface area (Å²) in [6, 6.07) is 8.01. The average molecular weight is 335 g/mol. The second-order valence-corrected chi connectivity index (χ2v) is 5.61. The molecule has 1 aromatic carbocycles. The summed E-state index contributed by atoms with van der Waals surface area (Å²) in [5.74, 6) is -0.689. The van der Waals surface area contributed by atoms with Gasteiger partial charge in [0.25, 0.3) is 5.91 Å². The van der Waals surface area contributed by atoms with Crippen molar-refractivity contribution >= 4 is 23.4 Å². The molecule has 1 heterocycles. The van der Waals surface area contributed by atoms with E-state index in [1.165, 1.54) is 12.6 Å². The second kappa shape index (κ2) is 7.28. The molecule has 2 rings (SSSR count). The maximum atomic E-state index is 12.2. The predicted molar refractivity (Wildman–Crippen MR) is 88.7 cm³/mol. The number of halogens is 1. The molecule has 0 bridgehead atoms. The number of amides is 2. The lowest BCUT2D eigenvalue weighted by Gasteiger charge is -2.05. The van der Waals surface area contributed by atoms with E-state index in [9.17, 15) is 9.59 Å². The Morgan fingerprint density at radius 1 is 1.22 bits per heavy atom. The summed E-state index contributed by atoms with van der Waals surface area (Å²) in [4.78, 5) is 23.4. The van der Waals surface area contributed by atoms with Crippen molar-refractivity contribution in [2.45, 2.75) is 20.4 Å². The van der Waals surface area contributed by atoms with Crippen LogP contribution in [0.3, 0.4) is 0 Å². The highest BCUT2D eigenvalue weighted by atomic mass is 35.5. The van der Waals surface area contributed by atoms with Gasteiger partial charge in [0.05, 0.1) is 24.3 Å². The lowest BCUT2D eigenvalue weighted by atomic mass is 10.1. The molecule has 0 atom stereocenters. The third-order valence-corrected chi connectivity index (χ3v) is 3.82. The minimum atomic E-state index is -0.411. The Kier molecular flexibility index (Phi) is 5.39. The molecule has 1 aromatic heterocycles. The first-order valence-corrected chi connectivity index (χ1v) is 7.57. The third-order valence-electron chi connectivity index (χ3n) is 3.43. The fourth-order valence-corrected chi connectivity index (χ4v) is 2.44. The highest BCUT2D eigenvalue weighted by Crippen LogP contribution is 2.21. The quantitative estimate of drug-likeness (QED) is 0.873. The molecule has 0 fully saturated rings. The van der Waals surface area contributed by atoms with Crippen LogP contribution < -0.4 is 10.6 Å². The minimum Gasteiger partial charge on any atom is -0.358 e. The smallest absolute Gasteiger partial charge is 0.256 e. The van der Waals surface area contributed by atoms with E-state index in [0.717, 1.165) is 5.56 Å². The maximum Gasteiger partial charge on any atom is 0.256 e. The van der Waals surface area contributed by atoms with Crippen LogP contribution in [0.25, 0.3) is 0 Å². The molecule has 2 amide bonds. The van der Waals surface area contributed by atoms with Crippen LogP contribution in [0, 0.1) is 13.8 Å². The van der Waals surface area contributed by atoms with Gasteiger partial charge < -0.3 is 10.6 Å². The monoisotopic (exact) mass is 334 g/mol. The van der Waals surface area contributed by atoms with Crippen LogP contribution in [-0.4, -0.2) is 35.2 Å². The topological polar surface area (TPSA) is 76.0 Å². The zero-order valence-electron chi connectivity index (χ0n) is 13.3. The van der Waals surface area contributed by atoms with Crippen molar-refractivity contribution in [1.82, 2.24) is 20.4 Å². The Hall–Kier alpha value is -2.34. The number of benzene rings is 1. The van der Waals surface area contributed by atoms with E-state index in [0.29, 0.717) is 17.8 Å². The van der Waals surface area contributed by atoms with Crippen LogP contribution in [0.15, 0.2) is 24.3 Å². The normalized spacial score (nSPS) is 10.4. The van der Waals surface area contributed by atoms with E-state index in [4.69, 9.17) is 11.6 Å². The molecule has 122 valence electrons. The molecule has 0 aliphatic rings. The molecule has 2 aromatic rings. The predicted octanol–water partition coefficient (Wildman–Crippen LogP) is 1.68. The Balaban J connectivity index is 2.16. The summed E-state index contributed by atoms with van der Waals surface area (Å²) in [6.45, 7) is 4.10. The van der Waals surface area contributed by atoms with E-state index < -0.39 is 5.91 Å². The number of rotatable bonds is 5. The molecule has 6 nitrogen and oxygen atoms in total. The van der Waals surface area contributed by atoms with Crippen LogP contribution in [0.5, 0.6) is 0 Å². The van der Waals surface area contributed by atoms with E-state index >= 15 is 0 Å². The Bertz CT molecular complexity index is 722. The third kappa shape index (κ3) is 4.10.